The van der Waals surface area contributed by atoms with Crippen molar-refractivity contribution in [3.8, 4) is 5.75 Å². The topological polar surface area (TPSA) is 32.7 Å². The lowest BCUT2D eigenvalue weighted by Crippen LogP contribution is -2.45. The van der Waals surface area contributed by atoms with Gasteiger partial charge in [0, 0.05) is 25.6 Å². The van der Waals surface area contributed by atoms with Crippen LogP contribution in [0.5, 0.6) is 5.75 Å². The summed E-state index contributed by atoms with van der Waals surface area (Å²) in [6.07, 6.45) is 0.326. The van der Waals surface area contributed by atoms with Crippen molar-refractivity contribution in [1.29, 1.82) is 0 Å². The summed E-state index contributed by atoms with van der Waals surface area (Å²) in [4.78, 5) is 2.32. The van der Waals surface area contributed by atoms with Crippen molar-refractivity contribution in [2.24, 2.45) is 5.92 Å². The van der Waals surface area contributed by atoms with E-state index in [1.165, 1.54) is 11.6 Å². The molecule has 122 valence electrons. The highest BCUT2D eigenvalue weighted by Crippen LogP contribution is 2.22. The molecule has 2 aromatic rings. The lowest BCUT2D eigenvalue weighted by Gasteiger charge is -2.36. The number of aliphatic hydroxyl groups is 1. The SMILES string of the molecule is O[C@H]1CCN(Cc2ccccc2)C[C@H]1COc1ccccc1F. The Kier molecular flexibility index (Phi) is 5.26. The van der Waals surface area contributed by atoms with Crippen LogP contribution in [-0.4, -0.2) is 35.8 Å². The lowest BCUT2D eigenvalue weighted by atomic mass is 9.95. The first kappa shape index (κ1) is 16.0. The zero-order valence-corrected chi connectivity index (χ0v) is 13.1. The van der Waals surface area contributed by atoms with Crippen LogP contribution in [0.1, 0.15) is 12.0 Å². The molecule has 2 atom stereocenters. The largest absolute Gasteiger partial charge is 0.490 e. The summed E-state index contributed by atoms with van der Waals surface area (Å²) in [6.45, 7) is 2.81. The van der Waals surface area contributed by atoms with Crippen molar-refractivity contribution < 1.29 is 14.2 Å². The zero-order valence-electron chi connectivity index (χ0n) is 13.1. The second-order valence-electron chi connectivity index (χ2n) is 6.08. The van der Waals surface area contributed by atoms with Crippen molar-refractivity contribution in [2.45, 2.75) is 19.1 Å². The van der Waals surface area contributed by atoms with Crippen LogP contribution in [0.4, 0.5) is 4.39 Å². The summed E-state index contributed by atoms with van der Waals surface area (Å²) in [6, 6.07) is 16.7. The van der Waals surface area contributed by atoms with Gasteiger partial charge in [-0.3, -0.25) is 4.90 Å². The maximum atomic E-state index is 13.6. The molecule has 0 unspecified atom stereocenters. The van der Waals surface area contributed by atoms with Gasteiger partial charge >= 0.3 is 0 Å². The number of benzene rings is 2. The molecule has 3 rings (SSSR count). The number of aliphatic hydroxyl groups excluding tert-OH is 1. The van der Waals surface area contributed by atoms with Gasteiger partial charge in [0.2, 0.25) is 0 Å². The molecule has 0 radical (unpaired) electrons. The van der Waals surface area contributed by atoms with Crippen molar-refractivity contribution >= 4 is 0 Å². The summed E-state index contributed by atoms with van der Waals surface area (Å²) in [5, 5.41) is 10.2. The van der Waals surface area contributed by atoms with Crippen LogP contribution in [-0.2, 0) is 6.54 Å². The van der Waals surface area contributed by atoms with Crippen LogP contribution in [0, 0.1) is 11.7 Å². The third-order valence-electron chi connectivity index (χ3n) is 4.32. The van der Waals surface area contributed by atoms with Crippen LogP contribution < -0.4 is 4.74 Å². The van der Waals surface area contributed by atoms with Gasteiger partial charge in [-0.05, 0) is 24.1 Å². The molecule has 1 saturated heterocycles. The Bertz CT molecular complexity index is 620. The summed E-state index contributed by atoms with van der Waals surface area (Å²) >= 11 is 0. The molecule has 1 N–H and O–H groups in total. The van der Waals surface area contributed by atoms with Gasteiger partial charge in [-0.15, -0.1) is 0 Å². The van der Waals surface area contributed by atoms with E-state index >= 15 is 0 Å². The smallest absolute Gasteiger partial charge is 0.165 e. The third kappa shape index (κ3) is 4.30. The summed E-state index contributed by atoms with van der Waals surface area (Å²) < 4.78 is 19.2. The Morgan fingerprint density at radius 3 is 2.61 bits per heavy atom. The monoisotopic (exact) mass is 315 g/mol. The number of para-hydroxylation sites is 1. The number of rotatable bonds is 5. The number of hydrogen-bond donors (Lipinski definition) is 1. The van der Waals surface area contributed by atoms with E-state index in [4.69, 9.17) is 4.74 Å². The number of nitrogens with zero attached hydrogens (tertiary/aromatic N) is 1. The Balaban J connectivity index is 1.57. The minimum Gasteiger partial charge on any atom is -0.490 e. The van der Waals surface area contributed by atoms with Gasteiger partial charge in [-0.25, -0.2) is 4.39 Å². The van der Waals surface area contributed by atoms with E-state index in [1.54, 1.807) is 18.2 Å². The lowest BCUT2D eigenvalue weighted by molar-refractivity contribution is 0.00230. The fourth-order valence-electron chi connectivity index (χ4n) is 3.00. The van der Waals surface area contributed by atoms with Crippen LogP contribution in [0.25, 0.3) is 0 Å². The molecule has 0 spiro atoms. The minimum atomic E-state index is -0.395. The Morgan fingerprint density at radius 2 is 1.83 bits per heavy atom. The van der Waals surface area contributed by atoms with Gasteiger partial charge in [-0.1, -0.05) is 42.5 Å². The summed E-state index contributed by atoms with van der Waals surface area (Å²) in [5.41, 5.74) is 1.26. The number of hydrogen-bond acceptors (Lipinski definition) is 3. The first-order valence-electron chi connectivity index (χ1n) is 8.04. The van der Waals surface area contributed by atoms with Crippen molar-refractivity contribution in [1.82, 2.24) is 4.90 Å². The molecule has 3 nitrogen and oxygen atoms in total. The van der Waals surface area contributed by atoms with Crippen LogP contribution in [0.3, 0.4) is 0 Å². The fraction of sp³-hybridized carbons (Fsp3) is 0.368. The first-order chi connectivity index (χ1) is 11.2. The van der Waals surface area contributed by atoms with Gasteiger partial charge in [0.05, 0.1) is 12.7 Å². The number of piperidine rings is 1. The van der Waals surface area contributed by atoms with E-state index in [2.05, 4.69) is 17.0 Å². The van der Waals surface area contributed by atoms with Gasteiger partial charge in [0.15, 0.2) is 11.6 Å². The maximum Gasteiger partial charge on any atom is 0.165 e. The van der Waals surface area contributed by atoms with E-state index in [9.17, 15) is 9.50 Å². The molecule has 0 saturated carbocycles. The molecule has 1 aliphatic heterocycles. The second-order valence-corrected chi connectivity index (χ2v) is 6.08. The van der Waals surface area contributed by atoms with Gasteiger partial charge < -0.3 is 9.84 Å². The summed E-state index contributed by atoms with van der Waals surface area (Å²) in [7, 11) is 0. The molecule has 23 heavy (non-hydrogen) atoms. The standard InChI is InChI=1S/C19H22FNO2/c20-17-8-4-5-9-19(17)23-14-16-13-21(11-10-18(16)22)12-15-6-2-1-3-7-15/h1-9,16,18,22H,10-14H2/t16-,18-/m0/s1. The van der Waals surface area contributed by atoms with Crippen molar-refractivity contribution in [3.63, 3.8) is 0 Å². The molecule has 0 aliphatic carbocycles. The number of ether oxygens (including phenoxy) is 1. The number of halogens is 1. The molecular weight excluding hydrogens is 293 g/mol. The normalized spacial score (nSPS) is 22.0. The molecule has 2 aromatic carbocycles. The predicted molar refractivity (Wildman–Crippen MR) is 87.7 cm³/mol. The Hall–Kier alpha value is -1.91. The van der Waals surface area contributed by atoms with Gasteiger partial charge in [0.25, 0.3) is 0 Å². The van der Waals surface area contributed by atoms with Gasteiger partial charge in [-0.2, -0.15) is 0 Å². The van der Waals surface area contributed by atoms with E-state index in [-0.39, 0.29) is 17.5 Å². The fourth-order valence-corrected chi connectivity index (χ4v) is 3.00. The summed E-state index contributed by atoms with van der Waals surface area (Å²) in [5.74, 6) is -0.120. The van der Waals surface area contributed by atoms with E-state index < -0.39 is 6.10 Å². The predicted octanol–water partition coefficient (Wildman–Crippen LogP) is 3.09. The molecule has 1 fully saturated rings. The molecule has 0 aromatic heterocycles. The quantitative estimate of drug-likeness (QED) is 0.920. The highest BCUT2D eigenvalue weighted by atomic mass is 19.1. The first-order valence-corrected chi connectivity index (χ1v) is 8.04. The third-order valence-corrected chi connectivity index (χ3v) is 4.32. The highest BCUT2D eigenvalue weighted by molar-refractivity contribution is 5.23. The average molecular weight is 315 g/mol. The Morgan fingerprint density at radius 1 is 1.09 bits per heavy atom. The highest BCUT2D eigenvalue weighted by Gasteiger charge is 2.28. The average Bonchev–Trinajstić information content (AvgIpc) is 2.57. The zero-order chi connectivity index (χ0) is 16.1. The second kappa shape index (κ2) is 7.57. The van der Waals surface area contributed by atoms with Crippen LogP contribution >= 0.6 is 0 Å². The van der Waals surface area contributed by atoms with E-state index in [0.717, 1.165) is 26.1 Å². The minimum absolute atomic E-state index is 0.00734. The molecule has 1 aliphatic rings. The number of likely N-dealkylation sites (tertiary alicyclic amines) is 1. The van der Waals surface area contributed by atoms with E-state index in [0.29, 0.717) is 6.61 Å². The van der Waals surface area contributed by atoms with Crippen molar-refractivity contribution in [3.05, 3.63) is 66.0 Å². The molecule has 4 heteroatoms. The molecule has 0 bridgehead atoms. The van der Waals surface area contributed by atoms with Crippen LogP contribution in [0.15, 0.2) is 54.6 Å². The van der Waals surface area contributed by atoms with Crippen LogP contribution in [0.2, 0.25) is 0 Å². The molecular formula is C19H22FNO2. The van der Waals surface area contributed by atoms with Crippen molar-refractivity contribution in [2.75, 3.05) is 19.7 Å². The van der Waals surface area contributed by atoms with E-state index in [1.807, 2.05) is 18.2 Å². The molecule has 1 heterocycles. The van der Waals surface area contributed by atoms with Gasteiger partial charge in [0.1, 0.15) is 0 Å². The maximum absolute atomic E-state index is 13.6. The Labute approximate surface area is 136 Å². The molecule has 0 amide bonds.